The second-order valence-corrected chi connectivity index (χ2v) is 10.0. The highest BCUT2D eigenvalue weighted by molar-refractivity contribution is 7.15. The molecule has 4 rings (SSSR count). The fraction of sp³-hybridized carbons (Fsp3) is 0.522. The van der Waals surface area contributed by atoms with E-state index in [2.05, 4.69) is 15.5 Å². The van der Waals surface area contributed by atoms with Gasteiger partial charge in [0.15, 0.2) is 0 Å². The summed E-state index contributed by atoms with van der Waals surface area (Å²) in [6.45, 7) is 2.92. The maximum Gasteiger partial charge on any atom is 0.286 e. The van der Waals surface area contributed by atoms with Crippen LogP contribution in [0.25, 0.3) is 0 Å². The van der Waals surface area contributed by atoms with Gasteiger partial charge in [-0.25, -0.2) is 0 Å². The SMILES string of the molecule is O=C(Nc1ccc(Cl)cc1)c1nnc(C(=O)N2CCC(CC(=O)N3CCCCCC3)CC2)s1. The van der Waals surface area contributed by atoms with Crippen molar-refractivity contribution in [3.05, 3.63) is 39.3 Å². The van der Waals surface area contributed by atoms with Crippen LogP contribution in [0.3, 0.4) is 0 Å². The number of nitrogens with zero attached hydrogens (tertiary/aromatic N) is 4. The highest BCUT2D eigenvalue weighted by Gasteiger charge is 2.29. The molecule has 0 unspecified atom stereocenters. The number of hydrogen-bond donors (Lipinski definition) is 1. The molecule has 0 bridgehead atoms. The molecule has 176 valence electrons. The van der Waals surface area contributed by atoms with Gasteiger partial charge >= 0.3 is 0 Å². The smallest absolute Gasteiger partial charge is 0.286 e. The van der Waals surface area contributed by atoms with Crippen molar-refractivity contribution in [3.63, 3.8) is 0 Å². The second-order valence-electron chi connectivity index (χ2n) is 8.61. The lowest BCUT2D eigenvalue weighted by molar-refractivity contribution is -0.132. The highest BCUT2D eigenvalue weighted by atomic mass is 35.5. The molecule has 1 aromatic carbocycles. The predicted molar refractivity (Wildman–Crippen MR) is 128 cm³/mol. The molecule has 3 amide bonds. The van der Waals surface area contributed by atoms with Crippen LogP contribution in [-0.4, -0.2) is 63.9 Å². The first-order chi connectivity index (χ1) is 16.0. The Kier molecular flexibility index (Phi) is 7.93. The molecule has 8 nitrogen and oxygen atoms in total. The number of nitrogens with one attached hydrogen (secondary N) is 1. The van der Waals surface area contributed by atoms with Crippen molar-refractivity contribution in [1.82, 2.24) is 20.0 Å². The second kappa shape index (κ2) is 11.1. The lowest BCUT2D eigenvalue weighted by Crippen LogP contribution is -2.40. The van der Waals surface area contributed by atoms with E-state index in [1.807, 2.05) is 4.90 Å². The van der Waals surface area contributed by atoms with Crippen LogP contribution >= 0.6 is 22.9 Å². The number of likely N-dealkylation sites (tertiary alicyclic amines) is 2. The predicted octanol–water partition coefficient (Wildman–Crippen LogP) is 4.09. The van der Waals surface area contributed by atoms with Crippen LogP contribution in [0.15, 0.2) is 24.3 Å². The van der Waals surface area contributed by atoms with Crippen LogP contribution in [-0.2, 0) is 4.79 Å². The Balaban J connectivity index is 1.26. The van der Waals surface area contributed by atoms with Gasteiger partial charge in [-0.2, -0.15) is 0 Å². The number of carbonyl (C=O) groups excluding carboxylic acids is 3. The third-order valence-electron chi connectivity index (χ3n) is 6.23. The topological polar surface area (TPSA) is 95.5 Å². The van der Waals surface area contributed by atoms with Crippen LogP contribution in [0, 0.1) is 5.92 Å². The van der Waals surface area contributed by atoms with Gasteiger partial charge in [0.25, 0.3) is 11.8 Å². The number of amides is 3. The van der Waals surface area contributed by atoms with Crippen molar-refractivity contribution in [2.45, 2.75) is 44.9 Å². The van der Waals surface area contributed by atoms with Crippen molar-refractivity contribution in [2.24, 2.45) is 5.92 Å². The van der Waals surface area contributed by atoms with E-state index < -0.39 is 5.91 Å². The van der Waals surface area contributed by atoms with Gasteiger partial charge in [0, 0.05) is 43.3 Å². The van der Waals surface area contributed by atoms with Gasteiger partial charge in [-0.3, -0.25) is 14.4 Å². The first kappa shape index (κ1) is 23.6. The third kappa shape index (κ3) is 6.29. The van der Waals surface area contributed by atoms with Crippen LogP contribution < -0.4 is 5.32 Å². The standard InChI is InChI=1S/C23H28ClN5O3S/c24-17-5-7-18(8-6-17)25-20(31)21-26-27-22(33-21)23(32)29-13-9-16(10-14-29)15-19(30)28-11-3-1-2-4-12-28/h5-8,16H,1-4,9-15H2,(H,25,31). The highest BCUT2D eigenvalue weighted by Crippen LogP contribution is 2.24. The summed E-state index contributed by atoms with van der Waals surface area (Å²) in [6, 6.07) is 6.73. The number of hydrogen-bond acceptors (Lipinski definition) is 6. The van der Waals surface area contributed by atoms with E-state index in [1.54, 1.807) is 29.2 Å². The minimum Gasteiger partial charge on any atom is -0.343 e. The number of benzene rings is 1. The first-order valence-corrected chi connectivity index (χ1v) is 12.7. The van der Waals surface area contributed by atoms with Crippen molar-refractivity contribution < 1.29 is 14.4 Å². The number of aromatic nitrogens is 2. The van der Waals surface area contributed by atoms with Gasteiger partial charge in [0.2, 0.25) is 15.9 Å². The summed E-state index contributed by atoms with van der Waals surface area (Å²) in [5.41, 5.74) is 0.587. The molecule has 0 aliphatic carbocycles. The molecule has 2 aliphatic heterocycles. The van der Waals surface area contributed by atoms with Crippen molar-refractivity contribution in [1.29, 1.82) is 0 Å². The van der Waals surface area contributed by atoms with E-state index in [0.717, 1.165) is 50.1 Å². The molecule has 2 aromatic rings. The Morgan fingerprint density at radius 3 is 2.21 bits per heavy atom. The van der Waals surface area contributed by atoms with Crippen LogP contribution in [0.2, 0.25) is 5.02 Å². The van der Waals surface area contributed by atoms with Crippen molar-refractivity contribution in [3.8, 4) is 0 Å². The largest absolute Gasteiger partial charge is 0.343 e. The van der Waals surface area contributed by atoms with Gasteiger partial charge < -0.3 is 15.1 Å². The lowest BCUT2D eigenvalue weighted by atomic mass is 9.93. The summed E-state index contributed by atoms with van der Waals surface area (Å²) in [7, 11) is 0. The van der Waals surface area contributed by atoms with E-state index in [4.69, 9.17) is 11.6 Å². The molecule has 1 aromatic heterocycles. The molecule has 10 heteroatoms. The van der Waals surface area contributed by atoms with E-state index >= 15 is 0 Å². The van der Waals surface area contributed by atoms with Gasteiger partial charge in [-0.1, -0.05) is 35.8 Å². The summed E-state index contributed by atoms with van der Waals surface area (Å²) in [6.07, 6.45) is 6.78. The number of rotatable bonds is 5. The fourth-order valence-corrected chi connectivity index (χ4v) is 5.12. The Bertz CT molecular complexity index is 980. The summed E-state index contributed by atoms with van der Waals surface area (Å²) < 4.78 is 0. The number of carbonyl (C=O) groups is 3. The van der Waals surface area contributed by atoms with E-state index in [1.165, 1.54) is 12.8 Å². The molecule has 3 heterocycles. The van der Waals surface area contributed by atoms with Gasteiger partial charge in [0.1, 0.15) is 0 Å². The zero-order valence-electron chi connectivity index (χ0n) is 18.5. The zero-order chi connectivity index (χ0) is 23.2. The van der Waals surface area contributed by atoms with Crippen LogP contribution in [0.5, 0.6) is 0 Å². The molecule has 1 N–H and O–H groups in total. The number of anilines is 1. The normalized spacial score (nSPS) is 17.5. The Morgan fingerprint density at radius 1 is 0.909 bits per heavy atom. The summed E-state index contributed by atoms with van der Waals surface area (Å²) in [5.74, 6) is -0.0722. The molecule has 33 heavy (non-hydrogen) atoms. The Hall–Kier alpha value is -2.52. The van der Waals surface area contributed by atoms with Crippen molar-refractivity contribution in [2.75, 3.05) is 31.5 Å². The molecule has 0 spiro atoms. The summed E-state index contributed by atoms with van der Waals surface area (Å²) in [4.78, 5) is 41.7. The lowest BCUT2D eigenvalue weighted by Gasteiger charge is -2.32. The minimum atomic E-state index is -0.417. The molecular weight excluding hydrogens is 462 g/mol. The quantitative estimate of drug-likeness (QED) is 0.682. The van der Waals surface area contributed by atoms with Gasteiger partial charge in [0.05, 0.1) is 0 Å². The number of piperidine rings is 1. The molecule has 0 saturated carbocycles. The van der Waals surface area contributed by atoms with E-state index in [-0.39, 0.29) is 21.8 Å². The van der Waals surface area contributed by atoms with E-state index in [0.29, 0.717) is 36.1 Å². The Morgan fingerprint density at radius 2 is 1.55 bits per heavy atom. The monoisotopic (exact) mass is 489 g/mol. The number of halogens is 1. The van der Waals surface area contributed by atoms with Crippen LogP contribution in [0.4, 0.5) is 5.69 Å². The minimum absolute atomic E-state index is 0.131. The summed E-state index contributed by atoms with van der Waals surface area (Å²) in [5, 5.41) is 11.5. The van der Waals surface area contributed by atoms with Gasteiger partial charge in [-0.15, -0.1) is 10.2 Å². The zero-order valence-corrected chi connectivity index (χ0v) is 20.0. The molecule has 2 aliphatic rings. The summed E-state index contributed by atoms with van der Waals surface area (Å²) >= 11 is 6.84. The molecule has 0 radical (unpaired) electrons. The third-order valence-corrected chi connectivity index (χ3v) is 7.39. The van der Waals surface area contributed by atoms with E-state index in [9.17, 15) is 14.4 Å². The Labute approximate surface area is 202 Å². The van der Waals surface area contributed by atoms with Crippen LogP contribution in [0.1, 0.15) is 64.6 Å². The maximum atomic E-state index is 12.9. The first-order valence-electron chi connectivity index (χ1n) is 11.5. The molecular formula is C23H28ClN5O3S. The molecule has 2 fully saturated rings. The fourth-order valence-electron chi connectivity index (χ4n) is 4.29. The van der Waals surface area contributed by atoms with Crippen molar-refractivity contribution >= 4 is 46.3 Å². The molecule has 0 atom stereocenters. The molecule has 2 saturated heterocycles. The average Bonchev–Trinajstić information content (AvgIpc) is 3.16. The maximum absolute atomic E-state index is 12.9. The average molecular weight is 490 g/mol. The van der Waals surface area contributed by atoms with Gasteiger partial charge in [-0.05, 0) is 55.9 Å².